The first-order valence-corrected chi connectivity index (χ1v) is 23.7. The van der Waals surface area contributed by atoms with E-state index in [1.165, 1.54) is 0 Å². The summed E-state index contributed by atoms with van der Waals surface area (Å²) >= 11 is 0. The lowest BCUT2D eigenvalue weighted by atomic mass is 9.88. The molecule has 11 atom stereocenters. The van der Waals surface area contributed by atoms with E-state index in [-0.39, 0.29) is 54.6 Å². The molecule has 0 bridgehead atoms. The van der Waals surface area contributed by atoms with Crippen molar-refractivity contribution in [1.29, 1.82) is 0 Å². The van der Waals surface area contributed by atoms with Crippen LogP contribution in [0.4, 0.5) is 10.5 Å². The molecule has 11 unspecified atom stereocenters. The lowest BCUT2D eigenvalue weighted by Gasteiger charge is -2.39. The summed E-state index contributed by atoms with van der Waals surface area (Å²) in [6.07, 6.45) is 9.66. The number of ether oxygens (including phenoxy) is 5. The number of epoxide rings is 1. The number of benzene rings is 1. The third-order valence-corrected chi connectivity index (χ3v) is 16.5. The minimum absolute atomic E-state index is 0.0264. The van der Waals surface area contributed by atoms with Crippen molar-refractivity contribution in [2.45, 2.75) is 175 Å². The first-order valence-electron chi connectivity index (χ1n) is 21.2. The van der Waals surface area contributed by atoms with Gasteiger partial charge in [-0.25, -0.2) is 4.79 Å². The van der Waals surface area contributed by atoms with Gasteiger partial charge in [-0.15, -0.1) is 0 Å². The number of para-hydroxylation sites is 1. The Kier molecular flexibility index (Phi) is 19.5. The molecular weight excluding hydrogens is 727 g/mol. The topological polar surface area (TPSA) is 125 Å². The molecular formula is C45H73NO9Si. The highest BCUT2D eigenvalue weighted by molar-refractivity contribution is 6.73. The fourth-order valence-electron chi connectivity index (χ4n) is 7.83. The monoisotopic (exact) mass is 800 g/mol. The summed E-state index contributed by atoms with van der Waals surface area (Å²) in [5.74, 6) is -0.226. The van der Waals surface area contributed by atoms with Crippen LogP contribution >= 0.6 is 0 Å². The maximum absolute atomic E-state index is 13.7. The van der Waals surface area contributed by atoms with E-state index in [4.69, 9.17) is 28.1 Å². The van der Waals surface area contributed by atoms with E-state index in [2.05, 4.69) is 46.0 Å². The molecule has 0 radical (unpaired) electrons. The standard InChI is InChI=1S/C45H73NO9Si/c1-12-38(52-44(49)46-36-23-18-17-19-24-36)34(9)43-39(51-43)29-31(6)21-20-22-32(7)42-33(8)25-26-40(47)45(11,54-35(10)50-13-2)28-27-37(30-41(48)53-42)55-56(14-3,15-4)16-5/h17-26,31,33-35,37-40,42-43,47H,12-16,27-30H2,1-11H3,(H,46,49). The van der Waals surface area contributed by atoms with Crippen LogP contribution in [0, 0.1) is 17.8 Å². The van der Waals surface area contributed by atoms with Crippen LogP contribution in [-0.4, -0.2) is 80.6 Å². The summed E-state index contributed by atoms with van der Waals surface area (Å²) in [7, 11) is -2.06. The van der Waals surface area contributed by atoms with Gasteiger partial charge in [0, 0.05) is 24.1 Å². The Balaban J connectivity index is 1.71. The zero-order valence-electron chi connectivity index (χ0n) is 36.1. The quantitative estimate of drug-likeness (QED) is 0.0351. The van der Waals surface area contributed by atoms with Crippen molar-refractivity contribution in [2.24, 2.45) is 17.8 Å². The summed E-state index contributed by atoms with van der Waals surface area (Å²) in [5, 5.41) is 14.4. The number of esters is 1. The summed E-state index contributed by atoms with van der Waals surface area (Å²) in [5.41, 5.74) is 0.646. The average Bonchev–Trinajstić information content (AvgIpc) is 3.94. The van der Waals surface area contributed by atoms with Crippen molar-refractivity contribution in [1.82, 2.24) is 0 Å². The van der Waals surface area contributed by atoms with E-state index in [9.17, 15) is 14.7 Å². The second kappa shape index (κ2) is 23.0. The van der Waals surface area contributed by atoms with Gasteiger partial charge in [0.25, 0.3) is 0 Å². The Morgan fingerprint density at radius 3 is 2.38 bits per heavy atom. The van der Waals surface area contributed by atoms with Crippen LogP contribution in [0.2, 0.25) is 18.1 Å². The number of amides is 1. The Hall–Kier alpha value is -2.80. The highest BCUT2D eigenvalue weighted by atomic mass is 28.4. The van der Waals surface area contributed by atoms with E-state index in [0.717, 1.165) is 30.1 Å². The van der Waals surface area contributed by atoms with Gasteiger partial charge in [0.05, 0.1) is 30.3 Å². The number of hydrogen-bond acceptors (Lipinski definition) is 9. The number of carbonyl (C=O) groups is 2. The Labute approximate surface area is 338 Å². The molecule has 1 fully saturated rings. The summed E-state index contributed by atoms with van der Waals surface area (Å²) in [6.45, 7) is 23.0. The van der Waals surface area contributed by atoms with Gasteiger partial charge in [0.1, 0.15) is 18.3 Å². The van der Waals surface area contributed by atoms with Crippen molar-refractivity contribution in [3.63, 3.8) is 0 Å². The van der Waals surface area contributed by atoms with Crippen LogP contribution in [0.5, 0.6) is 0 Å². The van der Waals surface area contributed by atoms with E-state index in [1.54, 1.807) is 6.08 Å². The second-order valence-electron chi connectivity index (χ2n) is 16.1. The lowest BCUT2D eigenvalue weighted by molar-refractivity contribution is -0.221. The fraction of sp³-hybridized carbons (Fsp3) is 0.689. The lowest BCUT2D eigenvalue weighted by Crippen LogP contribution is -2.46. The molecule has 1 aromatic rings. The number of anilines is 1. The average molecular weight is 800 g/mol. The molecule has 11 heteroatoms. The van der Waals surface area contributed by atoms with Crippen molar-refractivity contribution in [2.75, 3.05) is 11.9 Å². The SMILES string of the molecule is CCOC(C)OC1(C)CCC(O[Si](CC)(CC)CC)CC(=O)OC(C(C)=CC=CC(C)CC2OC2C(C)C(CC)OC(=O)Nc2ccccc2)C(C)C=CC1O. The molecule has 2 N–H and O–H groups in total. The molecule has 0 aliphatic carbocycles. The summed E-state index contributed by atoms with van der Waals surface area (Å²) < 4.78 is 37.1. The first kappa shape index (κ1) is 47.6. The van der Waals surface area contributed by atoms with Crippen LogP contribution in [0.25, 0.3) is 0 Å². The number of hydrogen-bond donors (Lipinski definition) is 2. The predicted molar refractivity (Wildman–Crippen MR) is 226 cm³/mol. The Morgan fingerprint density at radius 1 is 1.07 bits per heavy atom. The van der Waals surface area contributed by atoms with E-state index >= 15 is 0 Å². The van der Waals surface area contributed by atoms with Gasteiger partial charge in [-0.3, -0.25) is 10.1 Å². The van der Waals surface area contributed by atoms with Crippen molar-refractivity contribution in [3.8, 4) is 0 Å². The number of nitrogens with one attached hydrogen (secondary N) is 1. The van der Waals surface area contributed by atoms with E-state index in [1.807, 2.05) is 90.1 Å². The van der Waals surface area contributed by atoms with Crippen molar-refractivity contribution in [3.05, 3.63) is 66.3 Å². The normalized spacial score (nSPS) is 28.7. The number of carbonyl (C=O) groups excluding carboxylic acids is 2. The molecule has 1 aromatic carbocycles. The Bertz CT molecular complexity index is 1420. The van der Waals surface area contributed by atoms with Gasteiger partial charge >= 0.3 is 12.1 Å². The molecule has 2 aliphatic heterocycles. The summed E-state index contributed by atoms with van der Waals surface area (Å²) in [4.78, 5) is 26.3. The van der Waals surface area contributed by atoms with Gasteiger partial charge in [-0.05, 0) is 95.1 Å². The number of aliphatic hydroxyl groups is 1. The van der Waals surface area contributed by atoms with E-state index in [0.29, 0.717) is 31.6 Å². The van der Waals surface area contributed by atoms with E-state index < -0.39 is 38.5 Å². The van der Waals surface area contributed by atoms with Crippen LogP contribution < -0.4 is 5.32 Å². The highest BCUT2D eigenvalue weighted by Crippen LogP contribution is 2.38. The molecule has 316 valence electrons. The van der Waals surface area contributed by atoms with Gasteiger partial charge in [-0.2, -0.15) is 0 Å². The molecule has 2 aliphatic rings. The molecule has 1 saturated heterocycles. The molecule has 56 heavy (non-hydrogen) atoms. The van der Waals surface area contributed by atoms with Crippen LogP contribution in [0.1, 0.15) is 108 Å². The van der Waals surface area contributed by atoms with Gasteiger partial charge < -0.3 is 33.2 Å². The van der Waals surface area contributed by atoms with Crippen LogP contribution in [0.3, 0.4) is 0 Å². The van der Waals surface area contributed by atoms with Gasteiger partial charge in [-0.1, -0.05) is 97.0 Å². The van der Waals surface area contributed by atoms with Gasteiger partial charge in [0.2, 0.25) is 0 Å². The number of rotatable bonds is 19. The van der Waals surface area contributed by atoms with Crippen molar-refractivity contribution >= 4 is 26.1 Å². The number of cyclic esters (lactones) is 1. The predicted octanol–water partition coefficient (Wildman–Crippen LogP) is 10.1. The van der Waals surface area contributed by atoms with Crippen LogP contribution in [0.15, 0.2) is 66.3 Å². The van der Waals surface area contributed by atoms with Gasteiger partial charge in [0.15, 0.2) is 14.6 Å². The molecule has 0 saturated carbocycles. The summed E-state index contributed by atoms with van der Waals surface area (Å²) in [6, 6.07) is 12.2. The molecule has 0 spiro atoms. The molecule has 0 aromatic heterocycles. The third kappa shape index (κ3) is 14.5. The highest BCUT2D eigenvalue weighted by Gasteiger charge is 2.46. The minimum Gasteiger partial charge on any atom is -0.457 e. The first-order chi connectivity index (χ1) is 26.6. The maximum Gasteiger partial charge on any atom is 0.411 e. The maximum atomic E-state index is 13.7. The largest absolute Gasteiger partial charge is 0.457 e. The zero-order chi connectivity index (χ0) is 41.5. The second-order valence-corrected chi connectivity index (χ2v) is 20.9. The van der Waals surface area contributed by atoms with Crippen LogP contribution in [-0.2, 0) is 32.9 Å². The fourth-order valence-corrected chi connectivity index (χ4v) is 10.7. The minimum atomic E-state index is -2.06. The Morgan fingerprint density at radius 2 is 1.75 bits per heavy atom. The van der Waals surface area contributed by atoms with Crippen molar-refractivity contribution < 1.29 is 42.8 Å². The molecule has 3 rings (SSSR count). The molecule has 10 nitrogen and oxygen atoms in total. The number of aliphatic hydroxyl groups excluding tert-OH is 1. The number of allylic oxidation sites excluding steroid dienone is 3. The smallest absolute Gasteiger partial charge is 0.411 e. The molecule has 1 amide bonds. The third-order valence-electron chi connectivity index (χ3n) is 11.8. The molecule has 2 heterocycles. The zero-order valence-corrected chi connectivity index (χ0v) is 37.1.